The van der Waals surface area contributed by atoms with Crippen LogP contribution in [-0.4, -0.2) is 57.9 Å². The molecule has 2 rings (SSSR count). The van der Waals surface area contributed by atoms with Gasteiger partial charge in [0, 0.05) is 12.6 Å². The quantitative estimate of drug-likeness (QED) is 0.697. The molecular weight excluding hydrogens is 254 g/mol. The first-order valence-electron chi connectivity index (χ1n) is 5.64. The molecule has 1 unspecified atom stereocenters. The summed E-state index contributed by atoms with van der Waals surface area (Å²) in [7, 11) is 0. The minimum absolute atomic E-state index is 0.0174. The Labute approximate surface area is 108 Å². The van der Waals surface area contributed by atoms with Crippen LogP contribution in [0, 0.1) is 0 Å². The summed E-state index contributed by atoms with van der Waals surface area (Å²) in [5.41, 5.74) is 0.0174. The van der Waals surface area contributed by atoms with Gasteiger partial charge in [0.1, 0.15) is 11.5 Å². The SMILES string of the molecule is O=C(O)C1CN(C(=O)c2ccc(O)cc2O)CCO1. The number of hydrogen-bond acceptors (Lipinski definition) is 5. The van der Waals surface area contributed by atoms with Gasteiger partial charge in [0.05, 0.1) is 18.7 Å². The van der Waals surface area contributed by atoms with E-state index in [1.54, 1.807) is 0 Å². The van der Waals surface area contributed by atoms with E-state index in [0.29, 0.717) is 0 Å². The number of carbonyl (C=O) groups excluding carboxylic acids is 1. The average molecular weight is 267 g/mol. The second kappa shape index (κ2) is 5.15. The molecule has 0 spiro atoms. The maximum absolute atomic E-state index is 12.1. The summed E-state index contributed by atoms with van der Waals surface area (Å²) in [4.78, 5) is 24.3. The molecule has 0 saturated carbocycles. The van der Waals surface area contributed by atoms with Crippen molar-refractivity contribution in [1.82, 2.24) is 4.90 Å². The van der Waals surface area contributed by atoms with Crippen molar-refractivity contribution in [1.29, 1.82) is 0 Å². The highest BCUT2D eigenvalue weighted by molar-refractivity contribution is 5.97. The molecule has 1 aromatic rings. The van der Waals surface area contributed by atoms with E-state index in [1.165, 1.54) is 17.0 Å². The smallest absolute Gasteiger partial charge is 0.334 e. The van der Waals surface area contributed by atoms with E-state index in [1.807, 2.05) is 0 Å². The fourth-order valence-corrected chi connectivity index (χ4v) is 1.85. The third-order valence-electron chi connectivity index (χ3n) is 2.84. The van der Waals surface area contributed by atoms with Crippen LogP contribution in [0.3, 0.4) is 0 Å². The van der Waals surface area contributed by atoms with E-state index in [4.69, 9.17) is 14.9 Å². The summed E-state index contributed by atoms with van der Waals surface area (Å²) in [5.74, 6) is -2.12. The first-order valence-corrected chi connectivity index (χ1v) is 5.64. The van der Waals surface area contributed by atoms with Gasteiger partial charge in [0.15, 0.2) is 6.10 Å². The third-order valence-corrected chi connectivity index (χ3v) is 2.84. The van der Waals surface area contributed by atoms with Gasteiger partial charge in [-0.15, -0.1) is 0 Å². The van der Waals surface area contributed by atoms with Crippen LogP contribution in [0.2, 0.25) is 0 Å². The van der Waals surface area contributed by atoms with Gasteiger partial charge in [-0.1, -0.05) is 0 Å². The second-order valence-corrected chi connectivity index (χ2v) is 4.15. The molecule has 1 amide bonds. The second-order valence-electron chi connectivity index (χ2n) is 4.15. The molecule has 0 aliphatic carbocycles. The number of benzene rings is 1. The number of ether oxygens (including phenoxy) is 1. The normalized spacial score (nSPS) is 19.2. The Bertz CT molecular complexity index is 515. The summed E-state index contributed by atoms with van der Waals surface area (Å²) in [6.07, 6.45) is -1.06. The Morgan fingerprint density at radius 2 is 2.05 bits per heavy atom. The summed E-state index contributed by atoms with van der Waals surface area (Å²) < 4.78 is 5.01. The number of rotatable bonds is 2. The van der Waals surface area contributed by atoms with Crippen molar-refractivity contribution in [3.63, 3.8) is 0 Å². The van der Waals surface area contributed by atoms with E-state index in [9.17, 15) is 14.7 Å². The molecule has 7 heteroatoms. The molecule has 3 N–H and O–H groups in total. The van der Waals surface area contributed by atoms with Crippen molar-refractivity contribution >= 4 is 11.9 Å². The van der Waals surface area contributed by atoms with E-state index in [0.717, 1.165) is 6.07 Å². The molecular formula is C12H13NO6. The Kier molecular flexibility index (Phi) is 3.57. The predicted octanol–water partition coefficient (Wildman–Crippen LogP) is 0.0234. The highest BCUT2D eigenvalue weighted by atomic mass is 16.5. The average Bonchev–Trinajstić information content (AvgIpc) is 2.38. The van der Waals surface area contributed by atoms with Gasteiger partial charge in [0.2, 0.25) is 0 Å². The fourth-order valence-electron chi connectivity index (χ4n) is 1.85. The lowest BCUT2D eigenvalue weighted by atomic mass is 10.1. The first-order chi connectivity index (χ1) is 8.99. The van der Waals surface area contributed by atoms with Crippen LogP contribution < -0.4 is 0 Å². The van der Waals surface area contributed by atoms with Gasteiger partial charge >= 0.3 is 5.97 Å². The maximum Gasteiger partial charge on any atom is 0.334 e. The van der Waals surface area contributed by atoms with Crippen LogP contribution in [0.25, 0.3) is 0 Å². The summed E-state index contributed by atoms with van der Waals surface area (Å²) >= 11 is 0. The summed E-state index contributed by atoms with van der Waals surface area (Å²) in [5, 5.41) is 27.6. The maximum atomic E-state index is 12.1. The van der Waals surface area contributed by atoms with Crippen LogP contribution in [0.4, 0.5) is 0 Å². The van der Waals surface area contributed by atoms with Crippen molar-refractivity contribution in [3.05, 3.63) is 23.8 Å². The monoisotopic (exact) mass is 267 g/mol. The van der Waals surface area contributed by atoms with Crippen molar-refractivity contribution in [2.24, 2.45) is 0 Å². The topological polar surface area (TPSA) is 107 Å². The number of carbonyl (C=O) groups is 2. The number of phenols is 2. The highest BCUT2D eigenvalue weighted by Gasteiger charge is 2.30. The zero-order chi connectivity index (χ0) is 14.0. The zero-order valence-corrected chi connectivity index (χ0v) is 9.94. The minimum atomic E-state index is -1.13. The number of carboxylic acid groups (broad SMARTS) is 1. The lowest BCUT2D eigenvalue weighted by Crippen LogP contribution is -2.48. The molecule has 1 aliphatic rings. The predicted molar refractivity (Wildman–Crippen MR) is 63.1 cm³/mol. The highest BCUT2D eigenvalue weighted by Crippen LogP contribution is 2.24. The number of carboxylic acids is 1. The number of aliphatic carboxylic acids is 1. The number of amides is 1. The first kappa shape index (κ1) is 13.2. The zero-order valence-electron chi connectivity index (χ0n) is 9.94. The Morgan fingerprint density at radius 3 is 2.68 bits per heavy atom. The minimum Gasteiger partial charge on any atom is -0.508 e. The molecule has 1 saturated heterocycles. The number of morpholine rings is 1. The number of nitrogens with zero attached hydrogens (tertiary/aromatic N) is 1. The Morgan fingerprint density at radius 1 is 1.32 bits per heavy atom. The molecule has 0 radical (unpaired) electrons. The van der Waals surface area contributed by atoms with E-state index >= 15 is 0 Å². The van der Waals surface area contributed by atoms with Crippen LogP contribution in [0.15, 0.2) is 18.2 Å². The van der Waals surface area contributed by atoms with E-state index < -0.39 is 18.0 Å². The van der Waals surface area contributed by atoms with Crippen molar-refractivity contribution in [2.45, 2.75) is 6.10 Å². The van der Waals surface area contributed by atoms with Crippen LogP contribution in [0.5, 0.6) is 11.5 Å². The Hall–Kier alpha value is -2.28. The molecule has 1 heterocycles. The standard InChI is InChI=1S/C12H13NO6/c14-7-1-2-8(9(15)5-7)11(16)13-3-4-19-10(6-13)12(17)18/h1-2,5,10,14-15H,3-4,6H2,(H,17,18). The largest absolute Gasteiger partial charge is 0.508 e. The van der Waals surface area contributed by atoms with Gasteiger partial charge in [-0.2, -0.15) is 0 Å². The Balaban J connectivity index is 2.17. The molecule has 19 heavy (non-hydrogen) atoms. The van der Waals surface area contributed by atoms with E-state index in [-0.39, 0.29) is 36.8 Å². The molecule has 102 valence electrons. The van der Waals surface area contributed by atoms with E-state index in [2.05, 4.69) is 0 Å². The molecule has 0 bridgehead atoms. The van der Waals surface area contributed by atoms with Crippen molar-refractivity contribution in [3.8, 4) is 11.5 Å². The van der Waals surface area contributed by atoms with Gasteiger partial charge in [-0.25, -0.2) is 4.79 Å². The number of phenolic OH excluding ortho intramolecular Hbond substituents is 2. The molecule has 1 fully saturated rings. The van der Waals surface area contributed by atoms with Crippen LogP contribution in [0.1, 0.15) is 10.4 Å². The third kappa shape index (κ3) is 2.76. The molecule has 1 aliphatic heterocycles. The lowest BCUT2D eigenvalue weighted by molar-refractivity contribution is -0.154. The lowest BCUT2D eigenvalue weighted by Gasteiger charge is -2.31. The summed E-state index contributed by atoms with van der Waals surface area (Å²) in [6, 6.07) is 3.63. The van der Waals surface area contributed by atoms with Gasteiger partial charge < -0.3 is 25.0 Å². The van der Waals surface area contributed by atoms with Gasteiger partial charge in [-0.3, -0.25) is 4.79 Å². The van der Waals surface area contributed by atoms with Crippen molar-refractivity contribution < 1.29 is 29.6 Å². The molecule has 7 nitrogen and oxygen atoms in total. The number of aromatic hydroxyl groups is 2. The van der Waals surface area contributed by atoms with Gasteiger partial charge in [0.25, 0.3) is 5.91 Å². The van der Waals surface area contributed by atoms with Crippen molar-refractivity contribution in [2.75, 3.05) is 19.7 Å². The number of hydrogen-bond donors (Lipinski definition) is 3. The molecule has 1 aromatic carbocycles. The molecule has 1 atom stereocenters. The van der Waals surface area contributed by atoms with Crippen LogP contribution in [-0.2, 0) is 9.53 Å². The van der Waals surface area contributed by atoms with Crippen LogP contribution >= 0.6 is 0 Å². The summed E-state index contributed by atoms with van der Waals surface area (Å²) in [6.45, 7) is 0.305. The molecule has 0 aromatic heterocycles. The fraction of sp³-hybridized carbons (Fsp3) is 0.333. The van der Waals surface area contributed by atoms with Gasteiger partial charge in [-0.05, 0) is 12.1 Å².